The van der Waals surface area contributed by atoms with E-state index in [4.69, 9.17) is 5.11 Å². The van der Waals surface area contributed by atoms with Crippen LogP contribution in [0, 0.1) is 0 Å². The lowest BCUT2D eigenvalue weighted by molar-refractivity contribution is -0.136. The van der Waals surface area contributed by atoms with E-state index in [0.29, 0.717) is 24.4 Å². The fourth-order valence-electron chi connectivity index (χ4n) is 1.54. The molecule has 0 fully saturated rings. The number of carboxylic acids is 1. The Bertz CT molecular complexity index is 505. The summed E-state index contributed by atoms with van der Waals surface area (Å²) in [6.07, 6.45) is 2.05. The molecule has 1 rings (SSSR count). The lowest BCUT2D eigenvalue weighted by atomic mass is 10.1. The van der Waals surface area contributed by atoms with Crippen LogP contribution in [0.3, 0.4) is 0 Å². The van der Waals surface area contributed by atoms with E-state index in [1.165, 1.54) is 0 Å². The van der Waals surface area contributed by atoms with Crippen LogP contribution in [0.15, 0.2) is 24.3 Å². The third-order valence-corrected chi connectivity index (χ3v) is 3.27. The first kappa shape index (κ1) is 16.2. The third-order valence-electron chi connectivity index (χ3n) is 2.49. The Labute approximate surface area is 120 Å². The molecule has 1 atom stereocenters. The number of carboxylic acid groups (broad SMARTS) is 1. The molecule has 0 aromatic heterocycles. The number of rotatable bonds is 7. The van der Waals surface area contributed by atoms with Gasteiger partial charge >= 0.3 is 12.0 Å². The van der Waals surface area contributed by atoms with Gasteiger partial charge in [0.2, 0.25) is 0 Å². The molecule has 1 unspecified atom stereocenters. The first-order valence-electron chi connectivity index (χ1n) is 6.13. The Balaban J connectivity index is 2.46. The number of carbonyl (C=O) groups excluding carboxylic acids is 1. The summed E-state index contributed by atoms with van der Waals surface area (Å²) in [5.74, 6) is -0.444. The lowest BCUT2D eigenvalue weighted by Gasteiger charge is -2.08. The second-order valence-electron chi connectivity index (χ2n) is 4.25. The van der Waals surface area contributed by atoms with Gasteiger partial charge in [0.1, 0.15) is 0 Å². The van der Waals surface area contributed by atoms with Crippen LogP contribution in [0.4, 0.5) is 10.5 Å². The number of benzene rings is 1. The van der Waals surface area contributed by atoms with Crippen molar-refractivity contribution in [1.29, 1.82) is 0 Å². The number of nitrogens with one attached hydrogen (secondary N) is 2. The van der Waals surface area contributed by atoms with Crippen LogP contribution in [-0.2, 0) is 22.0 Å². The number of anilines is 1. The van der Waals surface area contributed by atoms with Crippen molar-refractivity contribution < 1.29 is 18.9 Å². The number of urea groups is 1. The molecule has 0 aliphatic rings. The highest BCUT2D eigenvalue weighted by molar-refractivity contribution is 7.84. The third kappa shape index (κ3) is 6.89. The largest absolute Gasteiger partial charge is 0.481 e. The van der Waals surface area contributed by atoms with Gasteiger partial charge < -0.3 is 15.7 Å². The summed E-state index contributed by atoms with van der Waals surface area (Å²) >= 11 is 0. The van der Waals surface area contributed by atoms with Crippen molar-refractivity contribution in [1.82, 2.24) is 5.32 Å². The Kier molecular flexibility index (Phi) is 6.72. The van der Waals surface area contributed by atoms with Crippen molar-refractivity contribution in [3.05, 3.63) is 29.8 Å². The second kappa shape index (κ2) is 8.31. The van der Waals surface area contributed by atoms with E-state index in [-0.39, 0.29) is 12.5 Å². The van der Waals surface area contributed by atoms with Crippen LogP contribution < -0.4 is 10.6 Å². The fourth-order valence-corrected chi connectivity index (χ4v) is 1.93. The van der Waals surface area contributed by atoms with E-state index in [1.807, 2.05) is 6.07 Å². The Hall–Kier alpha value is -1.89. The molecule has 1 aromatic rings. The molecule has 3 N–H and O–H groups in total. The number of hydrogen-bond donors (Lipinski definition) is 3. The molecule has 2 amide bonds. The summed E-state index contributed by atoms with van der Waals surface area (Å²) in [6, 6.07) is 6.66. The molecule has 0 saturated heterocycles. The first-order chi connectivity index (χ1) is 9.47. The zero-order valence-corrected chi connectivity index (χ0v) is 12.0. The minimum Gasteiger partial charge on any atom is -0.481 e. The summed E-state index contributed by atoms with van der Waals surface area (Å²) in [5, 5.41) is 13.9. The summed E-state index contributed by atoms with van der Waals surface area (Å²) < 4.78 is 10.8. The maximum absolute atomic E-state index is 11.6. The van der Waals surface area contributed by atoms with Crippen molar-refractivity contribution in [2.75, 3.05) is 23.9 Å². The minimum atomic E-state index is -0.937. The van der Waals surface area contributed by atoms with Gasteiger partial charge in [-0.25, -0.2) is 4.79 Å². The SMILES string of the molecule is CS(=O)CCNC(=O)Nc1cccc(CCC(=O)O)c1. The summed E-state index contributed by atoms with van der Waals surface area (Å²) in [5.41, 5.74) is 1.45. The topological polar surface area (TPSA) is 95.5 Å². The van der Waals surface area contributed by atoms with Crippen LogP contribution in [0.5, 0.6) is 0 Å². The molecule has 0 aliphatic heterocycles. The zero-order valence-electron chi connectivity index (χ0n) is 11.2. The van der Waals surface area contributed by atoms with Gasteiger partial charge in [0.05, 0.1) is 0 Å². The smallest absolute Gasteiger partial charge is 0.319 e. The molecule has 7 heteroatoms. The molecular formula is C13H18N2O4S. The summed E-state index contributed by atoms with van der Waals surface area (Å²) in [7, 11) is -0.937. The number of aryl methyl sites for hydroxylation is 1. The number of hydrogen-bond acceptors (Lipinski definition) is 3. The predicted octanol–water partition coefficient (Wildman–Crippen LogP) is 1.20. The maximum atomic E-state index is 11.6. The van der Waals surface area contributed by atoms with Crippen LogP contribution in [-0.4, -0.2) is 39.9 Å². The highest BCUT2D eigenvalue weighted by Crippen LogP contribution is 2.12. The molecule has 6 nitrogen and oxygen atoms in total. The molecule has 0 heterocycles. The van der Waals surface area contributed by atoms with Gasteiger partial charge in [0.15, 0.2) is 0 Å². The maximum Gasteiger partial charge on any atom is 0.319 e. The molecule has 0 radical (unpaired) electrons. The van der Waals surface area contributed by atoms with E-state index in [2.05, 4.69) is 10.6 Å². The summed E-state index contributed by atoms with van der Waals surface area (Å²) in [4.78, 5) is 22.1. The molecule has 0 spiro atoms. The molecular weight excluding hydrogens is 280 g/mol. The van der Waals surface area contributed by atoms with Crippen LogP contribution in [0.25, 0.3) is 0 Å². The Morgan fingerprint density at radius 1 is 1.35 bits per heavy atom. The van der Waals surface area contributed by atoms with Gasteiger partial charge in [0.25, 0.3) is 0 Å². The van der Waals surface area contributed by atoms with Crippen molar-refractivity contribution in [3.63, 3.8) is 0 Å². The first-order valence-corrected chi connectivity index (χ1v) is 7.85. The van der Waals surface area contributed by atoms with Crippen molar-refractivity contribution >= 4 is 28.5 Å². The average Bonchev–Trinajstić information content (AvgIpc) is 2.36. The van der Waals surface area contributed by atoms with Crippen molar-refractivity contribution in [2.24, 2.45) is 0 Å². The Morgan fingerprint density at radius 2 is 2.10 bits per heavy atom. The normalized spacial score (nSPS) is 11.7. The number of carbonyl (C=O) groups is 2. The standard InChI is InChI=1S/C13H18N2O4S/c1-20(19)8-7-14-13(18)15-11-4-2-3-10(9-11)5-6-12(16)17/h2-4,9H,5-8H2,1H3,(H,16,17)(H2,14,15,18). The minimum absolute atomic E-state index is 0.0535. The number of amides is 2. The highest BCUT2D eigenvalue weighted by atomic mass is 32.2. The van der Waals surface area contributed by atoms with E-state index >= 15 is 0 Å². The highest BCUT2D eigenvalue weighted by Gasteiger charge is 2.04. The van der Waals surface area contributed by atoms with Gasteiger partial charge in [-0.2, -0.15) is 0 Å². The Morgan fingerprint density at radius 3 is 2.75 bits per heavy atom. The molecule has 0 aliphatic carbocycles. The zero-order chi connectivity index (χ0) is 15.0. The quantitative estimate of drug-likeness (QED) is 0.705. The second-order valence-corrected chi connectivity index (χ2v) is 5.81. The van der Waals surface area contributed by atoms with E-state index in [0.717, 1.165) is 5.56 Å². The molecule has 1 aromatic carbocycles. The van der Waals surface area contributed by atoms with Gasteiger partial charge in [-0.1, -0.05) is 12.1 Å². The van der Waals surface area contributed by atoms with Gasteiger partial charge in [-0.3, -0.25) is 9.00 Å². The van der Waals surface area contributed by atoms with Crippen LogP contribution in [0.2, 0.25) is 0 Å². The molecule has 0 bridgehead atoms. The van der Waals surface area contributed by atoms with Gasteiger partial charge in [-0.05, 0) is 24.1 Å². The lowest BCUT2D eigenvalue weighted by Crippen LogP contribution is -2.31. The van der Waals surface area contributed by atoms with E-state index in [9.17, 15) is 13.8 Å². The van der Waals surface area contributed by atoms with E-state index < -0.39 is 16.8 Å². The van der Waals surface area contributed by atoms with Gasteiger partial charge in [-0.15, -0.1) is 0 Å². The fraction of sp³-hybridized carbons (Fsp3) is 0.385. The predicted molar refractivity (Wildman–Crippen MR) is 78.4 cm³/mol. The summed E-state index contributed by atoms with van der Waals surface area (Å²) in [6.45, 7) is 0.341. The van der Waals surface area contributed by atoms with Crippen LogP contribution in [0.1, 0.15) is 12.0 Å². The van der Waals surface area contributed by atoms with E-state index in [1.54, 1.807) is 24.5 Å². The van der Waals surface area contributed by atoms with Crippen LogP contribution >= 0.6 is 0 Å². The average molecular weight is 298 g/mol. The van der Waals surface area contributed by atoms with Gasteiger partial charge in [0, 0.05) is 41.5 Å². The van der Waals surface area contributed by atoms with Crippen molar-refractivity contribution in [2.45, 2.75) is 12.8 Å². The number of aliphatic carboxylic acids is 1. The monoisotopic (exact) mass is 298 g/mol. The molecule has 110 valence electrons. The van der Waals surface area contributed by atoms with Crippen molar-refractivity contribution in [3.8, 4) is 0 Å². The molecule has 20 heavy (non-hydrogen) atoms. The molecule has 0 saturated carbocycles.